The lowest BCUT2D eigenvalue weighted by atomic mass is 10.1. The Balaban J connectivity index is 2.12. The highest BCUT2D eigenvalue weighted by Crippen LogP contribution is 2.27. The summed E-state index contributed by atoms with van der Waals surface area (Å²) < 4.78 is 4.17. The first-order valence-corrected chi connectivity index (χ1v) is 8.54. The van der Waals surface area contributed by atoms with Gasteiger partial charge in [0.1, 0.15) is 0 Å². The van der Waals surface area contributed by atoms with E-state index in [0.29, 0.717) is 11.3 Å². The van der Waals surface area contributed by atoms with E-state index in [1.807, 2.05) is 18.2 Å². The molecule has 0 saturated heterocycles. The minimum absolute atomic E-state index is 0.00426. The maximum absolute atomic E-state index is 12.9. The standard InChI is InChI=1S/C19H14BrN3O2/c1-11(24)12-3-6-14(7-4-12)23-18-15-9-13(20)5-8-16(15)21-10-17(18)22(2)19(23)25/h3-10H,1-2H3. The van der Waals surface area contributed by atoms with Crippen molar-refractivity contribution >= 4 is 43.6 Å². The quantitative estimate of drug-likeness (QED) is 0.484. The van der Waals surface area contributed by atoms with Gasteiger partial charge in [0.2, 0.25) is 0 Å². The third-order valence-corrected chi connectivity index (χ3v) is 4.87. The molecule has 6 heteroatoms. The molecule has 124 valence electrons. The van der Waals surface area contributed by atoms with Gasteiger partial charge >= 0.3 is 5.69 Å². The van der Waals surface area contributed by atoms with Crippen molar-refractivity contribution in [1.82, 2.24) is 14.1 Å². The molecule has 2 heterocycles. The molecule has 0 unspecified atom stereocenters. The van der Waals surface area contributed by atoms with Crippen LogP contribution in [0.5, 0.6) is 0 Å². The number of aromatic nitrogens is 3. The summed E-state index contributed by atoms with van der Waals surface area (Å²) in [7, 11) is 1.73. The van der Waals surface area contributed by atoms with Crippen LogP contribution in [0.15, 0.2) is 57.9 Å². The number of hydrogen-bond donors (Lipinski definition) is 0. The molecule has 0 aliphatic heterocycles. The van der Waals surface area contributed by atoms with Gasteiger partial charge in [-0.25, -0.2) is 4.79 Å². The largest absolute Gasteiger partial charge is 0.333 e. The molecule has 0 N–H and O–H groups in total. The Bertz CT molecular complexity index is 1200. The second-order valence-electron chi connectivity index (χ2n) is 5.93. The minimum Gasteiger partial charge on any atom is -0.295 e. The van der Waals surface area contributed by atoms with Gasteiger partial charge in [0.15, 0.2) is 5.78 Å². The highest BCUT2D eigenvalue weighted by atomic mass is 79.9. The molecule has 0 spiro atoms. The number of nitrogens with zero attached hydrogens (tertiary/aromatic N) is 3. The predicted octanol–water partition coefficient (Wildman–Crippen LogP) is 3.84. The summed E-state index contributed by atoms with van der Waals surface area (Å²) in [4.78, 5) is 28.8. The van der Waals surface area contributed by atoms with Gasteiger partial charge in [-0.15, -0.1) is 0 Å². The van der Waals surface area contributed by atoms with E-state index < -0.39 is 0 Å². The van der Waals surface area contributed by atoms with Crippen LogP contribution in [0.1, 0.15) is 17.3 Å². The van der Waals surface area contributed by atoms with E-state index in [1.165, 1.54) is 6.92 Å². The van der Waals surface area contributed by atoms with Crippen LogP contribution in [0.4, 0.5) is 0 Å². The molecule has 0 aliphatic rings. The first-order valence-electron chi connectivity index (χ1n) is 7.74. The van der Waals surface area contributed by atoms with Crippen LogP contribution in [0.25, 0.3) is 27.6 Å². The van der Waals surface area contributed by atoms with Gasteiger partial charge in [-0.05, 0) is 49.4 Å². The van der Waals surface area contributed by atoms with Crippen LogP contribution < -0.4 is 5.69 Å². The van der Waals surface area contributed by atoms with E-state index in [2.05, 4.69) is 20.9 Å². The number of aryl methyl sites for hydroxylation is 1. The first-order chi connectivity index (χ1) is 12.0. The van der Waals surface area contributed by atoms with Gasteiger partial charge in [-0.3, -0.25) is 18.9 Å². The van der Waals surface area contributed by atoms with Crippen molar-refractivity contribution in [3.05, 3.63) is 69.2 Å². The number of pyridine rings is 1. The van der Waals surface area contributed by atoms with E-state index >= 15 is 0 Å². The van der Waals surface area contributed by atoms with Crippen molar-refractivity contribution in [3.63, 3.8) is 0 Å². The molecule has 4 aromatic rings. The molecule has 0 aliphatic carbocycles. The van der Waals surface area contributed by atoms with Gasteiger partial charge < -0.3 is 0 Å². The molecular formula is C19H14BrN3O2. The lowest BCUT2D eigenvalue weighted by Crippen LogP contribution is -2.20. The van der Waals surface area contributed by atoms with Gasteiger partial charge in [0, 0.05) is 22.5 Å². The smallest absolute Gasteiger partial charge is 0.295 e. The minimum atomic E-state index is -0.153. The second-order valence-corrected chi connectivity index (χ2v) is 6.85. The lowest BCUT2D eigenvalue weighted by Gasteiger charge is -2.07. The van der Waals surface area contributed by atoms with E-state index in [0.717, 1.165) is 26.4 Å². The monoisotopic (exact) mass is 395 g/mol. The molecule has 0 saturated carbocycles. The molecule has 0 radical (unpaired) electrons. The average Bonchev–Trinajstić information content (AvgIpc) is 2.86. The number of ketones is 1. The third-order valence-electron chi connectivity index (χ3n) is 4.38. The zero-order valence-electron chi connectivity index (χ0n) is 13.7. The number of hydrogen-bond acceptors (Lipinski definition) is 3. The molecule has 2 aromatic heterocycles. The maximum Gasteiger partial charge on any atom is 0.333 e. The number of carbonyl (C=O) groups is 1. The molecule has 0 atom stereocenters. The number of Topliss-reactive ketones (excluding diaryl/α,β-unsaturated/α-hetero) is 1. The summed E-state index contributed by atoms with van der Waals surface area (Å²) in [6.07, 6.45) is 1.72. The molecule has 4 rings (SSSR count). The third kappa shape index (κ3) is 2.41. The van der Waals surface area contributed by atoms with Gasteiger partial charge in [-0.1, -0.05) is 15.9 Å². The summed E-state index contributed by atoms with van der Waals surface area (Å²) in [5, 5.41) is 0.889. The summed E-state index contributed by atoms with van der Waals surface area (Å²) in [6, 6.07) is 12.9. The number of fused-ring (bicyclic) bond motifs is 3. The van der Waals surface area contributed by atoms with Crippen molar-refractivity contribution in [2.45, 2.75) is 6.92 Å². The fourth-order valence-corrected chi connectivity index (χ4v) is 3.42. The Morgan fingerprint density at radius 3 is 2.52 bits per heavy atom. The van der Waals surface area contributed by atoms with E-state index in [9.17, 15) is 9.59 Å². The number of imidazole rings is 1. The highest BCUT2D eigenvalue weighted by Gasteiger charge is 2.16. The summed E-state index contributed by atoms with van der Waals surface area (Å²) in [5.74, 6) is -0.00426. The van der Waals surface area contributed by atoms with Crippen molar-refractivity contribution in [1.29, 1.82) is 0 Å². The van der Waals surface area contributed by atoms with Crippen LogP contribution in [-0.2, 0) is 7.05 Å². The molecule has 25 heavy (non-hydrogen) atoms. The summed E-state index contributed by atoms with van der Waals surface area (Å²) >= 11 is 3.49. The van der Waals surface area contributed by atoms with E-state index in [4.69, 9.17) is 0 Å². The second kappa shape index (κ2) is 5.67. The van der Waals surface area contributed by atoms with E-state index in [1.54, 1.807) is 46.6 Å². The van der Waals surface area contributed by atoms with Crippen molar-refractivity contribution in [3.8, 4) is 5.69 Å². The fourth-order valence-electron chi connectivity index (χ4n) is 3.05. The number of halogens is 1. The number of carbonyl (C=O) groups excluding carboxylic acids is 1. The number of rotatable bonds is 2. The summed E-state index contributed by atoms with van der Waals surface area (Å²) in [5.41, 5.74) is 3.55. The molecule has 0 bridgehead atoms. The topological polar surface area (TPSA) is 56.9 Å². The van der Waals surface area contributed by atoms with Crippen LogP contribution in [-0.4, -0.2) is 19.9 Å². The van der Waals surface area contributed by atoms with Crippen LogP contribution in [0, 0.1) is 0 Å². The van der Waals surface area contributed by atoms with Gasteiger partial charge in [0.05, 0.1) is 28.4 Å². The lowest BCUT2D eigenvalue weighted by molar-refractivity contribution is 0.101. The Kier molecular flexibility index (Phi) is 3.58. The highest BCUT2D eigenvalue weighted by molar-refractivity contribution is 9.10. The SMILES string of the molecule is CC(=O)c1ccc(-n2c(=O)n(C)c3cnc4ccc(Br)cc4c32)cc1. The summed E-state index contributed by atoms with van der Waals surface area (Å²) in [6.45, 7) is 1.52. The molecular weight excluding hydrogens is 382 g/mol. The first kappa shape index (κ1) is 15.8. The van der Waals surface area contributed by atoms with E-state index in [-0.39, 0.29) is 11.5 Å². The van der Waals surface area contributed by atoms with Crippen molar-refractivity contribution in [2.75, 3.05) is 0 Å². The normalized spacial score (nSPS) is 11.3. The average molecular weight is 396 g/mol. The zero-order valence-corrected chi connectivity index (χ0v) is 15.2. The number of benzene rings is 2. The Labute approximate surface area is 151 Å². The predicted molar refractivity (Wildman–Crippen MR) is 102 cm³/mol. The zero-order chi connectivity index (χ0) is 17.7. The molecule has 0 amide bonds. The molecule has 2 aromatic carbocycles. The van der Waals surface area contributed by atoms with Crippen LogP contribution >= 0.6 is 15.9 Å². The van der Waals surface area contributed by atoms with Crippen molar-refractivity contribution in [2.24, 2.45) is 7.05 Å². The Morgan fingerprint density at radius 1 is 1.12 bits per heavy atom. The Morgan fingerprint density at radius 2 is 1.84 bits per heavy atom. The van der Waals surface area contributed by atoms with Gasteiger partial charge in [0.25, 0.3) is 0 Å². The van der Waals surface area contributed by atoms with Crippen molar-refractivity contribution < 1.29 is 4.79 Å². The Hall–Kier alpha value is -2.73. The maximum atomic E-state index is 12.9. The van der Waals surface area contributed by atoms with Crippen LogP contribution in [0.2, 0.25) is 0 Å². The fraction of sp³-hybridized carbons (Fsp3) is 0.105. The molecule has 0 fully saturated rings. The van der Waals surface area contributed by atoms with Crippen LogP contribution in [0.3, 0.4) is 0 Å². The molecule has 5 nitrogen and oxygen atoms in total. The van der Waals surface area contributed by atoms with Gasteiger partial charge in [-0.2, -0.15) is 0 Å².